The smallest absolute Gasteiger partial charge is 0.371 e. The molecule has 1 heterocycles. The first-order valence-corrected chi connectivity index (χ1v) is 7.43. The van der Waals surface area contributed by atoms with Crippen LogP contribution in [0.4, 0.5) is 0 Å². The van der Waals surface area contributed by atoms with E-state index in [-0.39, 0.29) is 18.3 Å². The lowest BCUT2D eigenvalue weighted by Crippen LogP contribution is -2.18. The topological polar surface area (TPSA) is 89.2 Å². The predicted octanol–water partition coefficient (Wildman–Crippen LogP) is 2.67. The van der Waals surface area contributed by atoms with Gasteiger partial charge in [0.2, 0.25) is 11.7 Å². The van der Waals surface area contributed by atoms with Crippen LogP contribution in [0.1, 0.15) is 21.9 Å². The molecule has 0 bridgehead atoms. The van der Waals surface area contributed by atoms with Gasteiger partial charge in [-0.15, -0.1) is 0 Å². The van der Waals surface area contributed by atoms with E-state index >= 15 is 0 Å². The molecule has 1 N–H and O–H groups in total. The lowest BCUT2D eigenvalue weighted by atomic mass is 10.2. The number of likely N-dealkylation sites (N-methyl/N-ethyl adjacent to an activating group) is 1. The van der Waals surface area contributed by atoms with Crippen LogP contribution in [0, 0.1) is 0 Å². The molecule has 0 spiro atoms. The number of carbonyl (C=O) groups excluding carboxylic acids is 1. The average molecular weight is 345 g/mol. The Morgan fingerprint density at radius 1 is 1.20 bits per heavy atom. The maximum atomic E-state index is 11.6. The Bertz CT molecular complexity index is 791. The van der Waals surface area contributed by atoms with Crippen LogP contribution >= 0.6 is 0 Å². The highest BCUT2D eigenvalue weighted by atomic mass is 16.5. The van der Waals surface area contributed by atoms with Gasteiger partial charge >= 0.3 is 5.97 Å². The molecule has 2 aromatic rings. The Morgan fingerprint density at radius 3 is 2.56 bits per heavy atom. The zero-order valence-corrected chi connectivity index (χ0v) is 14.2. The number of aromatic carboxylic acids is 1. The average Bonchev–Trinajstić information content (AvgIpc) is 3.07. The number of hydrogen-bond donors (Lipinski definition) is 1. The highest BCUT2D eigenvalue weighted by Gasteiger charge is 2.11. The lowest BCUT2D eigenvalue weighted by Gasteiger charge is -2.10. The van der Waals surface area contributed by atoms with E-state index < -0.39 is 5.97 Å². The summed E-state index contributed by atoms with van der Waals surface area (Å²) < 4.78 is 16.0. The van der Waals surface area contributed by atoms with Crippen LogP contribution in [0.3, 0.4) is 0 Å². The van der Waals surface area contributed by atoms with E-state index in [4.69, 9.17) is 19.0 Å². The molecule has 0 aliphatic carbocycles. The molecule has 0 saturated carbocycles. The largest absolute Gasteiger partial charge is 0.493 e. The van der Waals surface area contributed by atoms with Crippen LogP contribution in [-0.4, -0.2) is 43.1 Å². The third-order valence-electron chi connectivity index (χ3n) is 3.29. The van der Waals surface area contributed by atoms with Crippen molar-refractivity contribution >= 4 is 18.0 Å². The number of methoxy groups -OCH3 is 1. The van der Waals surface area contributed by atoms with Crippen LogP contribution in [0.5, 0.6) is 11.5 Å². The van der Waals surface area contributed by atoms with Gasteiger partial charge in [0.1, 0.15) is 12.4 Å². The molecule has 0 aliphatic heterocycles. The van der Waals surface area contributed by atoms with Crippen molar-refractivity contribution in [3.8, 4) is 11.5 Å². The van der Waals surface area contributed by atoms with Gasteiger partial charge < -0.3 is 23.9 Å². The molecule has 2 rings (SSSR count). The Hall–Kier alpha value is -3.22. The van der Waals surface area contributed by atoms with E-state index in [2.05, 4.69) is 0 Å². The molecule has 25 heavy (non-hydrogen) atoms. The fourth-order valence-electron chi connectivity index (χ4n) is 1.94. The molecule has 7 heteroatoms. The van der Waals surface area contributed by atoms with Gasteiger partial charge in [0.25, 0.3) is 0 Å². The quantitative estimate of drug-likeness (QED) is 0.776. The van der Waals surface area contributed by atoms with Crippen LogP contribution < -0.4 is 9.47 Å². The Kier molecular flexibility index (Phi) is 5.84. The minimum absolute atomic E-state index is 0.0674. The highest BCUT2D eigenvalue weighted by molar-refractivity contribution is 5.91. The van der Waals surface area contributed by atoms with E-state index in [1.54, 1.807) is 44.4 Å². The maximum absolute atomic E-state index is 11.6. The van der Waals surface area contributed by atoms with Crippen LogP contribution in [0.15, 0.2) is 40.8 Å². The number of nitrogens with zero attached hydrogens (tertiary/aromatic N) is 1. The molecule has 0 aliphatic rings. The summed E-state index contributed by atoms with van der Waals surface area (Å²) in [5.74, 6) is -0.0356. The fraction of sp³-hybridized carbons (Fsp3) is 0.222. The van der Waals surface area contributed by atoms with Crippen molar-refractivity contribution in [3.05, 3.63) is 53.5 Å². The van der Waals surface area contributed by atoms with Gasteiger partial charge in [0.15, 0.2) is 11.5 Å². The second kappa shape index (κ2) is 8.05. The summed E-state index contributed by atoms with van der Waals surface area (Å²) in [5, 5.41) is 8.83. The summed E-state index contributed by atoms with van der Waals surface area (Å²) in [6, 6.07) is 8.13. The van der Waals surface area contributed by atoms with Gasteiger partial charge in [-0.3, -0.25) is 4.79 Å². The molecular weight excluding hydrogens is 326 g/mol. The Labute approximate surface area is 145 Å². The van der Waals surface area contributed by atoms with Crippen LogP contribution in [-0.2, 0) is 11.4 Å². The highest BCUT2D eigenvalue weighted by Crippen LogP contribution is 2.29. The predicted molar refractivity (Wildman–Crippen MR) is 90.7 cm³/mol. The van der Waals surface area contributed by atoms with Gasteiger partial charge in [0.05, 0.1) is 7.11 Å². The first-order chi connectivity index (χ1) is 11.9. The Balaban J connectivity index is 2.08. The van der Waals surface area contributed by atoms with Gasteiger partial charge in [-0.05, 0) is 35.9 Å². The molecule has 1 amide bonds. The molecule has 0 unspecified atom stereocenters. The monoisotopic (exact) mass is 345 g/mol. The van der Waals surface area contributed by atoms with Gasteiger partial charge in [-0.25, -0.2) is 4.79 Å². The zero-order chi connectivity index (χ0) is 18.4. The zero-order valence-electron chi connectivity index (χ0n) is 14.2. The van der Waals surface area contributed by atoms with Crippen molar-refractivity contribution in [1.29, 1.82) is 0 Å². The number of carbonyl (C=O) groups is 2. The van der Waals surface area contributed by atoms with Crippen molar-refractivity contribution in [1.82, 2.24) is 4.90 Å². The number of rotatable bonds is 7. The molecule has 132 valence electrons. The first-order valence-electron chi connectivity index (χ1n) is 7.43. The number of carboxylic acid groups (broad SMARTS) is 1. The number of hydrogen-bond acceptors (Lipinski definition) is 5. The molecule has 0 fully saturated rings. The molecule has 0 saturated heterocycles. The van der Waals surface area contributed by atoms with Crippen molar-refractivity contribution in [2.24, 2.45) is 0 Å². The summed E-state index contributed by atoms with van der Waals surface area (Å²) >= 11 is 0. The fourth-order valence-corrected chi connectivity index (χ4v) is 1.94. The minimum Gasteiger partial charge on any atom is -0.493 e. The van der Waals surface area contributed by atoms with Crippen molar-refractivity contribution in [3.63, 3.8) is 0 Å². The summed E-state index contributed by atoms with van der Waals surface area (Å²) in [6.07, 6.45) is 3.14. The second-order valence-corrected chi connectivity index (χ2v) is 5.34. The van der Waals surface area contributed by atoms with E-state index in [0.29, 0.717) is 17.3 Å². The van der Waals surface area contributed by atoms with Crippen molar-refractivity contribution < 1.29 is 28.6 Å². The molecule has 1 aromatic carbocycles. The molecule has 1 aromatic heterocycles. The summed E-state index contributed by atoms with van der Waals surface area (Å²) in [5.41, 5.74) is 0.783. The SMILES string of the molecule is COc1cc(/C=C/C(=O)N(C)C)ccc1OCc1ccc(C(=O)O)o1. The molecule has 0 atom stereocenters. The standard InChI is InChI=1S/C18H19NO6/c1-19(2)17(20)9-5-12-4-7-14(16(10-12)23-3)24-11-13-6-8-15(25-13)18(21)22/h4-10H,11H2,1-3H3,(H,21,22)/b9-5+. The van der Waals surface area contributed by atoms with E-state index in [1.807, 2.05) is 0 Å². The lowest BCUT2D eigenvalue weighted by molar-refractivity contribution is -0.123. The maximum Gasteiger partial charge on any atom is 0.371 e. The van der Waals surface area contributed by atoms with Crippen LogP contribution in [0.2, 0.25) is 0 Å². The van der Waals surface area contributed by atoms with E-state index in [0.717, 1.165) is 5.56 Å². The third-order valence-corrected chi connectivity index (χ3v) is 3.29. The molecular formula is C18H19NO6. The third kappa shape index (κ3) is 4.87. The second-order valence-electron chi connectivity index (χ2n) is 5.34. The van der Waals surface area contributed by atoms with Crippen molar-refractivity contribution in [2.75, 3.05) is 21.2 Å². The van der Waals surface area contributed by atoms with Gasteiger partial charge in [-0.2, -0.15) is 0 Å². The first kappa shape index (κ1) is 18.1. The summed E-state index contributed by atoms with van der Waals surface area (Å²) in [6.45, 7) is 0.0674. The summed E-state index contributed by atoms with van der Waals surface area (Å²) in [7, 11) is 4.86. The number of ether oxygens (including phenoxy) is 2. The van der Waals surface area contributed by atoms with Crippen LogP contribution in [0.25, 0.3) is 6.08 Å². The molecule has 0 radical (unpaired) electrons. The number of furan rings is 1. The van der Waals surface area contributed by atoms with Crippen molar-refractivity contribution in [2.45, 2.75) is 6.61 Å². The molecule has 7 nitrogen and oxygen atoms in total. The van der Waals surface area contributed by atoms with Gasteiger partial charge in [0, 0.05) is 20.2 Å². The van der Waals surface area contributed by atoms with Gasteiger partial charge in [-0.1, -0.05) is 6.07 Å². The van der Waals surface area contributed by atoms with E-state index in [1.165, 1.54) is 24.2 Å². The number of carboxylic acids is 1. The minimum atomic E-state index is -1.13. The van der Waals surface area contributed by atoms with E-state index in [9.17, 15) is 9.59 Å². The normalized spacial score (nSPS) is 10.7. The number of benzene rings is 1. The number of amides is 1. The summed E-state index contributed by atoms with van der Waals surface area (Å²) in [4.78, 5) is 23.8. The Morgan fingerprint density at radius 2 is 1.96 bits per heavy atom.